The monoisotopic (exact) mass is 254 g/mol. The Bertz CT molecular complexity index is 447. The summed E-state index contributed by atoms with van der Waals surface area (Å²) >= 11 is 7.43. The molecular formula is C11H11ClN2OS. The van der Waals surface area contributed by atoms with E-state index in [1.54, 1.807) is 6.07 Å². The van der Waals surface area contributed by atoms with Gasteiger partial charge in [0.25, 0.3) is 0 Å². The van der Waals surface area contributed by atoms with Crippen LogP contribution in [-0.4, -0.2) is 16.3 Å². The third kappa shape index (κ3) is 2.39. The second-order valence-corrected chi connectivity index (χ2v) is 4.97. The highest BCUT2D eigenvalue weighted by Gasteiger charge is 2.28. The van der Waals surface area contributed by atoms with Crippen molar-refractivity contribution in [1.82, 2.24) is 5.32 Å². The van der Waals surface area contributed by atoms with Crippen LogP contribution in [0.25, 0.3) is 0 Å². The van der Waals surface area contributed by atoms with Crippen molar-refractivity contribution in [3.63, 3.8) is 0 Å². The largest absolute Gasteiger partial charge is 0.304 e. The molecule has 0 unspecified atom stereocenters. The molecule has 1 aliphatic heterocycles. The first kappa shape index (κ1) is 11.5. The molecule has 16 heavy (non-hydrogen) atoms. The van der Waals surface area contributed by atoms with E-state index in [2.05, 4.69) is 10.3 Å². The van der Waals surface area contributed by atoms with Gasteiger partial charge in [-0.25, -0.2) is 4.99 Å². The van der Waals surface area contributed by atoms with E-state index in [-0.39, 0.29) is 11.2 Å². The molecule has 84 valence electrons. The van der Waals surface area contributed by atoms with Crippen molar-refractivity contribution in [2.75, 3.05) is 0 Å². The SMILES string of the molecule is CC[C@H]1SC(=Nc2ccccc2Cl)NC1=O. The number of carbonyl (C=O) groups is 1. The van der Waals surface area contributed by atoms with Crippen LogP contribution in [0.4, 0.5) is 5.69 Å². The van der Waals surface area contributed by atoms with E-state index < -0.39 is 0 Å². The average Bonchev–Trinajstić information content (AvgIpc) is 2.62. The molecule has 0 aromatic heterocycles. The van der Waals surface area contributed by atoms with Crippen LogP contribution in [0.3, 0.4) is 0 Å². The number of thioether (sulfide) groups is 1. The van der Waals surface area contributed by atoms with Crippen molar-refractivity contribution < 1.29 is 4.79 Å². The van der Waals surface area contributed by atoms with E-state index in [9.17, 15) is 4.79 Å². The molecule has 0 radical (unpaired) electrons. The number of benzene rings is 1. The van der Waals surface area contributed by atoms with Crippen LogP contribution in [0.1, 0.15) is 13.3 Å². The van der Waals surface area contributed by atoms with Gasteiger partial charge in [0.1, 0.15) is 0 Å². The first-order valence-electron chi connectivity index (χ1n) is 5.01. The smallest absolute Gasteiger partial charge is 0.239 e. The van der Waals surface area contributed by atoms with Crippen LogP contribution in [0.2, 0.25) is 5.02 Å². The quantitative estimate of drug-likeness (QED) is 0.882. The highest BCUT2D eigenvalue weighted by Crippen LogP contribution is 2.28. The van der Waals surface area contributed by atoms with Gasteiger partial charge in [-0.3, -0.25) is 4.79 Å². The van der Waals surface area contributed by atoms with Gasteiger partial charge >= 0.3 is 0 Å². The Morgan fingerprint density at radius 1 is 1.50 bits per heavy atom. The highest BCUT2D eigenvalue weighted by atomic mass is 35.5. The molecule has 1 heterocycles. The second-order valence-electron chi connectivity index (χ2n) is 3.37. The summed E-state index contributed by atoms with van der Waals surface area (Å²) in [6.07, 6.45) is 0.804. The summed E-state index contributed by atoms with van der Waals surface area (Å²) in [5.74, 6) is 0.0262. The van der Waals surface area contributed by atoms with Crippen molar-refractivity contribution >= 4 is 40.1 Å². The van der Waals surface area contributed by atoms with Crippen molar-refractivity contribution in [3.8, 4) is 0 Å². The molecule has 0 spiro atoms. The lowest BCUT2D eigenvalue weighted by atomic mass is 10.3. The summed E-state index contributed by atoms with van der Waals surface area (Å²) in [5, 5.41) is 3.94. The normalized spacial score (nSPS) is 22.5. The minimum atomic E-state index is -0.0266. The lowest BCUT2D eigenvalue weighted by Crippen LogP contribution is -2.24. The third-order valence-electron chi connectivity index (χ3n) is 2.22. The van der Waals surface area contributed by atoms with Crippen molar-refractivity contribution in [2.45, 2.75) is 18.6 Å². The summed E-state index contributed by atoms with van der Waals surface area (Å²) in [4.78, 5) is 15.8. The van der Waals surface area contributed by atoms with Gasteiger partial charge in [-0.05, 0) is 18.6 Å². The lowest BCUT2D eigenvalue weighted by Gasteiger charge is -1.99. The van der Waals surface area contributed by atoms with Crippen LogP contribution in [-0.2, 0) is 4.79 Å². The Labute approximate surface area is 103 Å². The predicted molar refractivity (Wildman–Crippen MR) is 68.4 cm³/mol. The van der Waals surface area contributed by atoms with E-state index in [1.807, 2.05) is 25.1 Å². The maximum absolute atomic E-state index is 11.4. The van der Waals surface area contributed by atoms with E-state index >= 15 is 0 Å². The van der Waals surface area contributed by atoms with Crippen molar-refractivity contribution in [3.05, 3.63) is 29.3 Å². The van der Waals surface area contributed by atoms with Gasteiger partial charge in [-0.2, -0.15) is 0 Å². The van der Waals surface area contributed by atoms with E-state index in [4.69, 9.17) is 11.6 Å². The van der Waals surface area contributed by atoms with Crippen LogP contribution >= 0.6 is 23.4 Å². The summed E-state index contributed by atoms with van der Waals surface area (Å²) in [6.45, 7) is 1.98. The Balaban J connectivity index is 2.21. The molecule has 1 aromatic carbocycles. The van der Waals surface area contributed by atoms with Gasteiger partial charge in [0.15, 0.2) is 5.17 Å². The fourth-order valence-electron chi connectivity index (χ4n) is 1.38. The van der Waals surface area contributed by atoms with Crippen LogP contribution in [0.5, 0.6) is 0 Å². The molecule has 1 N–H and O–H groups in total. The number of halogens is 1. The number of nitrogens with one attached hydrogen (secondary N) is 1. The number of hydrogen-bond acceptors (Lipinski definition) is 3. The zero-order valence-corrected chi connectivity index (χ0v) is 10.3. The Morgan fingerprint density at radius 2 is 2.25 bits per heavy atom. The van der Waals surface area contributed by atoms with Crippen LogP contribution in [0.15, 0.2) is 29.3 Å². The molecule has 0 saturated carbocycles. The number of amidine groups is 1. The van der Waals surface area contributed by atoms with Gasteiger partial charge < -0.3 is 5.32 Å². The molecule has 1 aromatic rings. The molecule has 1 saturated heterocycles. The minimum absolute atomic E-state index is 0.0262. The maximum atomic E-state index is 11.4. The van der Waals surface area contributed by atoms with Crippen LogP contribution in [0, 0.1) is 0 Å². The fourth-order valence-corrected chi connectivity index (χ4v) is 2.47. The zero-order valence-electron chi connectivity index (χ0n) is 8.74. The summed E-state index contributed by atoms with van der Waals surface area (Å²) < 4.78 is 0. The number of carbonyl (C=O) groups excluding carboxylic acids is 1. The third-order valence-corrected chi connectivity index (χ3v) is 3.79. The Kier molecular flexibility index (Phi) is 3.51. The average molecular weight is 255 g/mol. The number of nitrogens with zero attached hydrogens (tertiary/aromatic N) is 1. The number of rotatable bonds is 2. The van der Waals surface area contributed by atoms with E-state index in [1.165, 1.54) is 11.8 Å². The predicted octanol–water partition coefficient (Wildman–Crippen LogP) is 2.97. The molecule has 2 rings (SSSR count). The van der Waals surface area contributed by atoms with Crippen LogP contribution < -0.4 is 5.32 Å². The lowest BCUT2D eigenvalue weighted by molar-refractivity contribution is -0.118. The number of para-hydroxylation sites is 1. The highest BCUT2D eigenvalue weighted by molar-refractivity contribution is 8.15. The van der Waals surface area contributed by atoms with Gasteiger partial charge in [0.05, 0.1) is 16.0 Å². The first-order chi connectivity index (χ1) is 7.70. The molecule has 0 bridgehead atoms. The molecule has 5 heteroatoms. The molecule has 1 amide bonds. The summed E-state index contributed by atoms with van der Waals surface area (Å²) in [6, 6.07) is 7.31. The van der Waals surface area contributed by atoms with Crippen molar-refractivity contribution in [1.29, 1.82) is 0 Å². The molecule has 1 fully saturated rings. The Hall–Kier alpha value is -1.00. The van der Waals surface area contributed by atoms with Crippen molar-refractivity contribution in [2.24, 2.45) is 4.99 Å². The summed E-state index contributed by atoms with van der Waals surface area (Å²) in [7, 11) is 0. The number of hydrogen-bond donors (Lipinski definition) is 1. The fraction of sp³-hybridized carbons (Fsp3) is 0.273. The first-order valence-corrected chi connectivity index (χ1v) is 6.27. The molecule has 1 aliphatic rings. The topological polar surface area (TPSA) is 41.5 Å². The van der Waals surface area contributed by atoms with Gasteiger partial charge in [-0.15, -0.1) is 0 Å². The van der Waals surface area contributed by atoms with Gasteiger partial charge in [-0.1, -0.05) is 42.4 Å². The number of amides is 1. The second kappa shape index (κ2) is 4.89. The Morgan fingerprint density at radius 3 is 2.88 bits per heavy atom. The molecular weight excluding hydrogens is 244 g/mol. The minimum Gasteiger partial charge on any atom is -0.304 e. The zero-order chi connectivity index (χ0) is 11.5. The summed E-state index contributed by atoms with van der Waals surface area (Å²) in [5.41, 5.74) is 0.684. The van der Waals surface area contributed by atoms with Gasteiger partial charge in [0.2, 0.25) is 5.91 Å². The maximum Gasteiger partial charge on any atom is 0.239 e. The standard InChI is InChI=1S/C11H11ClN2OS/c1-2-9-10(15)14-11(16-9)13-8-6-4-3-5-7(8)12/h3-6,9H,2H2,1H3,(H,13,14,15)/t9-/m1/s1. The number of aliphatic imine (C=N–C) groups is 1. The molecule has 0 aliphatic carbocycles. The molecule has 1 atom stereocenters. The van der Waals surface area contributed by atoms with E-state index in [0.717, 1.165) is 6.42 Å². The van der Waals surface area contributed by atoms with E-state index in [0.29, 0.717) is 15.9 Å². The molecule has 3 nitrogen and oxygen atoms in total. The van der Waals surface area contributed by atoms with Gasteiger partial charge in [0, 0.05) is 0 Å².